The summed E-state index contributed by atoms with van der Waals surface area (Å²) in [6, 6.07) is 5.97. The van der Waals surface area contributed by atoms with E-state index in [2.05, 4.69) is 5.32 Å². The van der Waals surface area contributed by atoms with Crippen LogP contribution in [-0.2, 0) is 9.53 Å². The summed E-state index contributed by atoms with van der Waals surface area (Å²) >= 11 is 1.38. The smallest absolute Gasteiger partial charge is 0.344 e. The van der Waals surface area contributed by atoms with E-state index in [4.69, 9.17) is 9.15 Å². The third-order valence-corrected chi connectivity index (χ3v) is 5.01. The van der Waals surface area contributed by atoms with Crippen molar-refractivity contribution in [1.29, 1.82) is 0 Å². The Morgan fingerprint density at radius 3 is 2.41 bits per heavy atom. The van der Waals surface area contributed by atoms with Crippen LogP contribution in [0.1, 0.15) is 51.5 Å². The summed E-state index contributed by atoms with van der Waals surface area (Å²) in [5.41, 5.74) is 2.43. The van der Waals surface area contributed by atoms with Crippen molar-refractivity contribution in [2.75, 3.05) is 17.7 Å². The molecule has 0 aliphatic rings. The van der Waals surface area contributed by atoms with Gasteiger partial charge >= 0.3 is 5.97 Å². The van der Waals surface area contributed by atoms with E-state index in [-0.39, 0.29) is 46.8 Å². The van der Waals surface area contributed by atoms with E-state index >= 15 is 0 Å². The second-order valence-corrected chi connectivity index (χ2v) is 7.15. The minimum Gasteiger partial charge on any atom is -0.462 e. The largest absolute Gasteiger partial charge is 0.462 e. The molecule has 1 heterocycles. The first-order valence-corrected chi connectivity index (χ1v) is 9.54. The molecule has 0 unspecified atom stereocenters. The Morgan fingerprint density at radius 2 is 1.81 bits per heavy atom. The minimum atomic E-state index is -0.698. The Labute approximate surface area is 162 Å². The monoisotopic (exact) mass is 389 g/mol. The number of thioether (sulfide) groups is 1. The maximum atomic E-state index is 12.3. The number of esters is 1. The highest BCUT2D eigenvalue weighted by atomic mass is 32.2. The molecule has 1 N–H and O–H groups in total. The van der Waals surface area contributed by atoms with Gasteiger partial charge < -0.3 is 9.15 Å². The van der Waals surface area contributed by atoms with Crippen LogP contribution in [-0.4, -0.2) is 30.0 Å². The van der Waals surface area contributed by atoms with Gasteiger partial charge in [0.05, 0.1) is 17.9 Å². The Bertz CT molecular complexity index is 885. The van der Waals surface area contributed by atoms with Crippen molar-refractivity contribution >= 4 is 35.3 Å². The first-order valence-electron chi connectivity index (χ1n) is 8.55. The Hall–Kier alpha value is -2.54. The van der Waals surface area contributed by atoms with Crippen molar-refractivity contribution in [2.45, 2.75) is 39.5 Å². The number of hydrogen-bond acceptors (Lipinski definition) is 6. The topological polar surface area (TPSA) is 85.6 Å². The lowest BCUT2D eigenvalue weighted by molar-refractivity contribution is -0.113. The van der Waals surface area contributed by atoms with Crippen LogP contribution >= 0.6 is 11.8 Å². The van der Waals surface area contributed by atoms with Crippen LogP contribution in [0.25, 0.3) is 0 Å². The van der Waals surface area contributed by atoms with Crippen LogP contribution < -0.4 is 5.32 Å². The van der Waals surface area contributed by atoms with Gasteiger partial charge in [0.1, 0.15) is 11.3 Å². The molecular weight excluding hydrogens is 366 g/mol. The van der Waals surface area contributed by atoms with Crippen LogP contribution in [0.5, 0.6) is 0 Å². The zero-order valence-corrected chi connectivity index (χ0v) is 16.9. The average molecular weight is 389 g/mol. The molecule has 0 bridgehead atoms. The number of ether oxygens (including phenoxy) is 1. The van der Waals surface area contributed by atoms with E-state index in [9.17, 15) is 14.4 Å². The lowest BCUT2D eigenvalue weighted by atomic mass is 10.1. The molecule has 0 fully saturated rings. The van der Waals surface area contributed by atoms with Crippen molar-refractivity contribution in [2.24, 2.45) is 0 Å². The molecule has 144 valence electrons. The van der Waals surface area contributed by atoms with Gasteiger partial charge in [0.25, 0.3) is 0 Å². The van der Waals surface area contributed by atoms with Crippen LogP contribution in [0.4, 0.5) is 5.88 Å². The Kier molecular flexibility index (Phi) is 6.85. The molecule has 1 aromatic heterocycles. The molecular formula is C20H23NO5S. The number of carbonyl (C=O) groups excluding carboxylic acids is 3. The summed E-state index contributed by atoms with van der Waals surface area (Å²) in [7, 11) is 0. The molecule has 7 heteroatoms. The number of rotatable bonds is 7. The second kappa shape index (κ2) is 8.90. The molecule has 0 saturated carbocycles. The second-order valence-electron chi connectivity index (χ2n) is 6.10. The molecule has 0 spiro atoms. The lowest BCUT2D eigenvalue weighted by Gasteiger charge is -2.07. The maximum absolute atomic E-state index is 12.3. The quantitative estimate of drug-likeness (QED) is 0.431. The van der Waals surface area contributed by atoms with Crippen molar-refractivity contribution in [1.82, 2.24) is 0 Å². The Balaban J connectivity index is 2.16. The van der Waals surface area contributed by atoms with E-state index in [0.29, 0.717) is 0 Å². The molecule has 6 nitrogen and oxygen atoms in total. The molecule has 1 amide bonds. The van der Waals surface area contributed by atoms with Crippen molar-refractivity contribution in [3.05, 3.63) is 46.2 Å². The van der Waals surface area contributed by atoms with Crippen LogP contribution in [0, 0.1) is 20.8 Å². The van der Waals surface area contributed by atoms with Gasteiger partial charge in [0.2, 0.25) is 11.8 Å². The summed E-state index contributed by atoms with van der Waals surface area (Å²) < 4.78 is 10.5. The molecule has 27 heavy (non-hydrogen) atoms. The molecule has 1 aromatic carbocycles. The number of hydrogen-bond donors (Lipinski definition) is 1. The van der Waals surface area contributed by atoms with Gasteiger partial charge in [0.15, 0.2) is 5.78 Å². The molecule has 0 saturated heterocycles. The fraction of sp³-hybridized carbons (Fsp3) is 0.350. The van der Waals surface area contributed by atoms with Crippen molar-refractivity contribution in [3.8, 4) is 0 Å². The number of furan rings is 1. The fourth-order valence-electron chi connectivity index (χ4n) is 2.57. The van der Waals surface area contributed by atoms with Crippen LogP contribution in [0.15, 0.2) is 27.5 Å². The third kappa shape index (κ3) is 5.01. The van der Waals surface area contributed by atoms with Crippen LogP contribution in [0.2, 0.25) is 0 Å². The molecule has 2 rings (SSSR count). The number of aryl methyl sites for hydroxylation is 3. The van der Waals surface area contributed by atoms with E-state index in [1.54, 1.807) is 13.8 Å². The number of benzene rings is 1. The van der Waals surface area contributed by atoms with E-state index in [1.807, 2.05) is 32.0 Å². The molecule has 0 aliphatic heterocycles. The number of carbonyl (C=O) groups is 3. The third-order valence-electron chi connectivity index (χ3n) is 4.02. The van der Waals surface area contributed by atoms with Crippen molar-refractivity contribution in [3.63, 3.8) is 0 Å². The van der Waals surface area contributed by atoms with Gasteiger partial charge in [-0.05, 0) is 57.9 Å². The van der Waals surface area contributed by atoms with Gasteiger partial charge in [-0.3, -0.25) is 14.9 Å². The number of Topliss-reactive ketones (excluding diaryl/α,β-unsaturated/α-hetero) is 1. The zero-order valence-electron chi connectivity index (χ0n) is 16.1. The number of amides is 1. The minimum absolute atomic E-state index is 0.0358. The average Bonchev–Trinajstić information content (AvgIpc) is 2.92. The zero-order chi connectivity index (χ0) is 20.1. The number of ketones is 1. The van der Waals surface area contributed by atoms with E-state index in [0.717, 1.165) is 10.5 Å². The van der Waals surface area contributed by atoms with Gasteiger partial charge in [-0.25, -0.2) is 4.79 Å². The SMILES string of the molecule is CCOC(=O)c1c(NC(=O)CSc2ccc(C)c(C)c2)oc(C)c1C(C)=O. The summed E-state index contributed by atoms with van der Waals surface area (Å²) in [6.45, 7) is 8.76. The molecule has 2 aromatic rings. The maximum Gasteiger partial charge on any atom is 0.344 e. The summed E-state index contributed by atoms with van der Waals surface area (Å²) in [4.78, 5) is 37.4. The number of anilines is 1. The van der Waals surface area contributed by atoms with Gasteiger partial charge in [-0.2, -0.15) is 0 Å². The standard InChI is InChI=1S/C20H23NO5S/c1-6-25-20(24)18-17(13(4)22)14(5)26-19(18)21-16(23)10-27-15-8-7-11(2)12(3)9-15/h7-9H,6,10H2,1-5H3,(H,21,23). The van der Waals surface area contributed by atoms with Gasteiger partial charge in [-0.1, -0.05) is 6.07 Å². The highest BCUT2D eigenvalue weighted by Crippen LogP contribution is 2.29. The first-order chi connectivity index (χ1) is 12.7. The highest BCUT2D eigenvalue weighted by Gasteiger charge is 2.28. The normalized spacial score (nSPS) is 10.6. The van der Waals surface area contributed by atoms with E-state index in [1.165, 1.54) is 24.2 Å². The van der Waals surface area contributed by atoms with Gasteiger partial charge in [0, 0.05) is 4.90 Å². The molecule has 0 atom stereocenters. The summed E-state index contributed by atoms with van der Waals surface area (Å²) in [5.74, 6) is -1.02. The lowest BCUT2D eigenvalue weighted by Crippen LogP contribution is -2.17. The van der Waals surface area contributed by atoms with Gasteiger partial charge in [-0.15, -0.1) is 11.8 Å². The summed E-state index contributed by atoms with van der Waals surface area (Å²) in [5, 5.41) is 2.58. The molecule has 0 aliphatic carbocycles. The predicted molar refractivity (Wildman–Crippen MR) is 105 cm³/mol. The fourth-order valence-corrected chi connectivity index (χ4v) is 3.36. The van der Waals surface area contributed by atoms with Crippen molar-refractivity contribution < 1.29 is 23.5 Å². The summed E-state index contributed by atoms with van der Waals surface area (Å²) in [6.07, 6.45) is 0. The molecule has 0 radical (unpaired) electrons. The Morgan fingerprint density at radius 1 is 1.11 bits per heavy atom. The highest BCUT2D eigenvalue weighted by molar-refractivity contribution is 8.00. The number of nitrogens with one attached hydrogen (secondary N) is 1. The van der Waals surface area contributed by atoms with E-state index < -0.39 is 5.97 Å². The first kappa shape index (κ1) is 20.8. The van der Waals surface area contributed by atoms with Crippen LogP contribution in [0.3, 0.4) is 0 Å². The predicted octanol–water partition coefficient (Wildman–Crippen LogP) is 4.31.